The maximum absolute atomic E-state index is 13.4. The first kappa shape index (κ1) is 35.7. The Bertz CT molecular complexity index is 1280. The summed E-state index contributed by atoms with van der Waals surface area (Å²) in [5.74, 6) is 4.23. The second-order valence-corrected chi connectivity index (χ2v) is 13.9. The van der Waals surface area contributed by atoms with Gasteiger partial charge in [-0.05, 0) is 111 Å². The van der Waals surface area contributed by atoms with Crippen LogP contribution in [0.3, 0.4) is 0 Å². The summed E-state index contributed by atoms with van der Waals surface area (Å²) in [6.07, 6.45) is 11.9. The van der Waals surface area contributed by atoms with Crippen LogP contribution in [0.25, 0.3) is 0 Å². The van der Waals surface area contributed by atoms with E-state index in [0.29, 0.717) is 36.5 Å². The van der Waals surface area contributed by atoms with Crippen LogP contribution in [-0.4, -0.2) is 45.8 Å². The van der Waals surface area contributed by atoms with Crippen LogP contribution in [0.2, 0.25) is 0 Å². The van der Waals surface area contributed by atoms with Crippen molar-refractivity contribution in [2.75, 3.05) is 0 Å². The summed E-state index contributed by atoms with van der Waals surface area (Å²) in [4.78, 5) is 27.3. The lowest BCUT2D eigenvalue weighted by atomic mass is 9.77. The lowest BCUT2D eigenvalue weighted by Gasteiger charge is -2.33. The summed E-state index contributed by atoms with van der Waals surface area (Å²) in [5, 5.41) is 11.1. The highest BCUT2D eigenvalue weighted by Gasteiger charge is 2.58. The number of ketones is 1. The highest BCUT2D eigenvalue weighted by atomic mass is 16.3. The van der Waals surface area contributed by atoms with E-state index in [1.54, 1.807) is 0 Å². The average Bonchev–Trinajstić information content (AvgIpc) is 3.26. The fourth-order valence-electron chi connectivity index (χ4n) is 7.97. The Balaban J connectivity index is 2.19. The molecule has 0 aromatic heterocycles. The third kappa shape index (κ3) is 6.47. The van der Waals surface area contributed by atoms with Gasteiger partial charge in [-0.25, -0.2) is 9.98 Å². The van der Waals surface area contributed by atoms with Crippen molar-refractivity contribution in [3.8, 4) is 0 Å². The topological polar surface area (TPSA) is 68.5 Å². The maximum atomic E-state index is 13.4. The van der Waals surface area contributed by atoms with Crippen LogP contribution in [-0.2, 0) is 4.79 Å². The van der Waals surface area contributed by atoms with E-state index in [9.17, 15) is 9.90 Å². The molecule has 7 atom stereocenters. The van der Waals surface area contributed by atoms with Gasteiger partial charge in [0.25, 0.3) is 0 Å². The number of hydrogen-bond acceptors (Lipinski definition) is 6. The number of aliphatic hydroxyl groups excluding tert-OH is 1. The minimum absolute atomic E-state index is 0.0513. The van der Waals surface area contributed by atoms with Crippen molar-refractivity contribution in [3.63, 3.8) is 0 Å². The number of carbonyl (C=O) groups excluding carboxylic acids is 1. The molecule has 0 bridgehead atoms. The van der Waals surface area contributed by atoms with Crippen molar-refractivity contribution in [3.05, 3.63) is 58.1 Å². The van der Waals surface area contributed by atoms with Gasteiger partial charge in [-0.2, -0.15) is 0 Å². The van der Waals surface area contributed by atoms with Crippen molar-refractivity contribution in [2.24, 2.45) is 45.0 Å². The molecule has 0 amide bonds. The zero-order valence-electron chi connectivity index (χ0n) is 29.7. The molecule has 0 aromatic carbocycles. The Morgan fingerprint density at radius 3 is 2.32 bits per heavy atom. The van der Waals surface area contributed by atoms with E-state index in [2.05, 4.69) is 102 Å². The summed E-state index contributed by atoms with van der Waals surface area (Å²) in [6, 6.07) is 0.0513. The van der Waals surface area contributed by atoms with Gasteiger partial charge >= 0.3 is 0 Å². The van der Waals surface area contributed by atoms with Crippen molar-refractivity contribution >= 4 is 18.7 Å². The molecule has 44 heavy (non-hydrogen) atoms. The van der Waals surface area contributed by atoms with Gasteiger partial charge in [0.2, 0.25) is 0 Å². The molecule has 6 heteroatoms. The standard InChI is InChI=1S/C38H60N4O2/c1-14-18-24(7)32(16-3)42-33(20-19-30-34(43)26(9)29(15-2)35(30)44)41(37(40-17-4)36(42)39-13)22-31-28(11)38(31,12)27(10)25(8)21-23(5)6/h17-18,20,22-23,25,27-28,30,32,34,43H,13-16,19,21H2,1-12H3/b24-18-,31-22-,33-20+,40-17?/t25?,27?,28-,30?,32?,34?,38+/m0/s1. The van der Waals surface area contributed by atoms with E-state index in [0.717, 1.165) is 41.5 Å². The Morgan fingerprint density at radius 1 is 1.16 bits per heavy atom. The summed E-state index contributed by atoms with van der Waals surface area (Å²) in [5.41, 5.74) is 4.35. The predicted octanol–water partition coefficient (Wildman–Crippen LogP) is 9.03. The minimum Gasteiger partial charge on any atom is -0.388 e. The SMILES string of the molecule is C=NC1=C(N=CC)N(/C=C2/[C@H](C)[C@@]2(C)C(C)C(C)CC(C)C)/C(=C\CC2C(=O)C(CC)=C(C)C2O)N1C(CC)/C(C)=C\CC. The molecule has 244 valence electrons. The van der Waals surface area contributed by atoms with E-state index in [1.165, 1.54) is 17.6 Å². The maximum Gasteiger partial charge on any atom is 0.181 e. The molecule has 0 radical (unpaired) electrons. The smallest absolute Gasteiger partial charge is 0.181 e. The normalized spacial score (nSPS) is 30.2. The number of Topliss-reactive ketones (excluding diaryl/α,β-unsaturated/α-hetero) is 1. The van der Waals surface area contributed by atoms with Crippen LogP contribution in [0.15, 0.2) is 68.1 Å². The zero-order valence-corrected chi connectivity index (χ0v) is 29.7. The van der Waals surface area contributed by atoms with E-state index in [-0.39, 0.29) is 17.2 Å². The monoisotopic (exact) mass is 604 g/mol. The molecule has 3 aliphatic rings. The van der Waals surface area contributed by atoms with Crippen LogP contribution < -0.4 is 0 Å². The van der Waals surface area contributed by atoms with Gasteiger partial charge in [-0.15, -0.1) is 0 Å². The minimum atomic E-state index is -0.757. The lowest BCUT2D eigenvalue weighted by molar-refractivity contribution is -0.120. The number of rotatable bonds is 14. The first-order valence-electron chi connectivity index (χ1n) is 17.0. The molecular weight excluding hydrogens is 544 g/mol. The van der Waals surface area contributed by atoms with Gasteiger partial charge in [0.1, 0.15) is 5.82 Å². The summed E-state index contributed by atoms with van der Waals surface area (Å²) in [6.45, 7) is 30.5. The van der Waals surface area contributed by atoms with Crippen LogP contribution in [0.5, 0.6) is 0 Å². The largest absolute Gasteiger partial charge is 0.388 e. The van der Waals surface area contributed by atoms with Crippen LogP contribution in [0, 0.1) is 35.0 Å². The summed E-state index contributed by atoms with van der Waals surface area (Å²) >= 11 is 0. The van der Waals surface area contributed by atoms with Crippen LogP contribution in [0.1, 0.15) is 115 Å². The van der Waals surface area contributed by atoms with Gasteiger partial charge in [-0.3, -0.25) is 9.69 Å². The third-order valence-electron chi connectivity index (χ3n) is 11.0. The second kappa shape index (κ2) is 14.6. The van der Waals surface area contributed by atoms with Gasteiger partial charge in [0.15, 0.2) is 17.4 Å². The molecule has 0 aromatic rings. The molecule has 6 nitrogen and oxygen atoms in total. The van der Waals surface area contributed by atoms with E-state index >= 15 is 0 Å². The highest BCUT2D eigenvalue weighted by Crippen LogP contribution is 2.65. The number of allylic oxidation sites excluding steroid dienone is 4. The summed E-state index contributed by atoms with van der Waals surface area (Å²) in [7, 11) is 0. The van der Waals surface area contributed by atoms with E-state index in [1.807, 2.05) is 27.0 Å². The zero-order chi connectivity index (χ0) is 33.1. The van der Waals surface area contributed by atoms with Gasteiger partial charge in [-0.1, -0.05) is 74.0 Å². The quantitative estimate of drug-likeness (QED) is 0.159. The predicted molar refractivity (Wildman–Crippen MR) is 186 cm³/mol. The van der Waals surface area contributed by atoms with Crippen LogP contribution >= 0.6 is 0 Å². The number of carbonyl (C=O) groups is 1. The Labute approximate surface area is 268 Å². The number of aliphatic imine (C=N–C) groups is 2. The van der Waals surface area contributed by atoms with Crippen molar-refractivity contribution in [1.82, 2.24) is 9.80 Å². The van der Waals surface area contributed by atoms with Crippen molar-refractivity contribution in [1.29, 1.82) is 0 Å². The van der Waals surface area contributed by atoms with Gasteiger partial charge < -0.3 is 10.0 Å². The molecule has 1 saturated carbocycles. The molecule has 0 saturated heterocycles. The Morgan fingerprint density at radius 2 is 1.82 bits per heavy atom. The summed E-state index contributed by atoms with van der Waals surface area (Å²) < 4.78 is 0. The fourth-order valence-corrected chi connectivity index (χ4v) is 7.97. The Hall–Kier alpha value is -2.73. The van der Waals surface area contributed by atoms with Gasteiger partial charge in [0, 0.05) is 12.4 Å². The molecule has 5 unspecified atom stereocenters. The fraction of sp³-hybridized carbons (Fsp3) is 0.658. The number of nitrogens with zero attached hydrogens (tertiary/aromatic N) is 4. The third-order valence-corrected chi connectivity index (χ3v) is 11.0. The molecule has 1 heterocycles. The van der Waals surface area contributed by atoms with Gasteiger partial charge in [0.05, 0.1) is 18.1 Å². The second-order valence-electron chi connectivity index (χ2n) is 13.9. The first-order valence-corrected chi connectivity index (χ1v) is 17.0. The number of aliphatic hydroxyl groups is 1. The van der Waals surface area contributed by atoms with Crippen molar-refractivity contribution < 1.29 is 9.90 Å². The average molecular weight is 605 g/mol. The highest BCUT2D eigenvalue weighted by molar-refractivity contribution is 6.01. The van der Waals surface area contributed by atoms with Crippen LogP contribution in [0.4, 0.5) is 0 Å². The van der Waals surface area contributed by atoms with Crippen molar-refractivity contribution in [2.45, 2.75) is 127 Å². The molecular formula is C38H60N4O2. The lowest BCUT2D eigenvalue weighted by Crippen LogP contribution is -2.34. The molecule has 0 spiro atoms. The van der Waals surface area contributed by atoms with E-state index in [4.69, 9.17) is 4.99 Å². The van der Waals surface area contributed by atoms with E-state index < -0.39 is 12.0 Å². The molecule has 1 fully saturated rings. The molecule has 1 N–H and O–H groups in total. The molecule has 3 rings (SSSR count). The molecule has 2 aliphatic carbocycles. The number of hydrogen-bond donors (Lipinski definition) is 1. The Kier molecular flexibility index (Phi) is 11.8. The first-order chi connectivity index (χ1) is 20.8. The molecule has 1 aliphatic heterocycles.